The summed E-state index contributed by atoms with van der Waals surface area (Å²) in [4.78, 5) is 13.7. The van der Waals surface area contributed by atoms with Gasteiger partial charge in [0.05, 0.1) is 10.0 Å². The summed E-state index contributed by atoms with van der Waals surface area (Å²) in [5.74, 6) is -0.917. The molecule has 2 aromatic rings. The molecule has 0 atom stereocenters. The fraction of sp³-hybridized carbons (Fsp3) is 0.133. The maximum absolute atomic E-state index is 13.9. The highest BCUT2D eigenvalue weighted by Gasteiger charge is 2.17. The van der Waals surface area contributed by atoms with Gasteiger partial charge in [0.2, 0.25) is 0 Å². The van der Waals surface area contributed by atoms with Crippen molar-refractivity contribution in [2.24, 2.45) is 0 Å². The van der Waals surface area contributed by atoms with Crippen molar-refractivity contribution in [2.75, 3.05) is 7.05 Å². The van der Waals surface area contributed by atoms with Crippen LogP contribution in [0.2, 0.25) is 5.02 Å². The molecule has 20 heavy (non-hydrogen) atoms. The van der Waals surface area contributed by atoms with Gasteiger partial charge in [-0.1, -0.05) is 29.8 Å². The van der Waals surface area contributed by atoms with E-state index in [9.17, 15) is 9.18 Å². The largest absolute Gasteiger partial charge is 0.337 e. The van der Waals surface area contributed by atoms with E-state index in [0.29, 0.717) is 11.6 Å². The predicted molar refractivity (Wildman–Crippen MR) is 81.3 cm³/mol. The van der Waals surface area contributed by atoms with Crippen molar-refractivity contribution >= 4 is 33.4 Å². The van der Waals surface area contributed by atoms with Crippen LogP contribution in [0.1, 0.15) is 15.9 Å². The van der Waals surface area contributed by atoms with Crippen molar-refractivity contribution < 1.29 is 9.18 Å². The van der Waals surface area contributed by atoms with Crippen LogP contribution in [0.15, 0.2) is 46.9 Å². The lowest BCUT2D eigenvalue weighted by Gasteiger charge is -2.18. The number of nitrogens with zero attached hydrogens (tertiary/aromatic N) is 1. The van der Waals surface area contributed by atoms with Gasteiger partial charge in [-0.25, -0.2) is 4.39 Å². The molecule has 0 fully saturated rings. The summed E-state index contributed by atoms with van der Waals surface area (Å²) in [6.45, 7) is 0.366. The minimum absolute atomic E-state index is 0.0453. The second-order valence-corrected chi connectivity index (χ2v) is 5.68. The molecule has 0 N–H and O–H groups in total. The predicted octanol–water partition coefficient (Wildman–Crippen LogP) is 4.51. The monoisotopic (exact) mass is 355 g/mol. The van der Waals surface area contributed by atoms with E-state index in [-0.39, 0.29) is 15.9 Å². The van der Waals surface area contributed by atoms with E-state index in [2.05, 4.69) is 15.9 Å². The minimum Gasteiger partial charge on any atom is -0.337 e. The SMILES string of the molecule is CN(Cc1cccc(Cl)c1)C(=O)c1cccc(Br)c1F. The number of rotatable bonds is 3. The van der Waals surface area contributed by atoms with Crippen molar-refractivity contribution in [3.8, 4) is 0 Å². The van der Waals surface area contributed by atoms with Crippen LogP contribution in [0.5, 0.6) is 0 Å². The highest BCUT2D eigenvalue weighted by Crippen LogP contribution is 2.20. The molecule has 2 nitrogen and oxygen atoms in total. The molecule has 2 rings (SSSR count). The van der Waals surface area contributed by atoms with E-state index in [1.807, 2.05) is 12.1 Å². The maximum Gasteiger partial charge on any atom is 0.256 e. The molecule has 0 aliphatic heterocycles. The average molecular weight is 357 g/mol. The Morgan fingerprint density at radius 2 is 2.00 bits per heavy atom. The first kappa shape index (κ1) is 15.0. The molecule has 1 amide bonds. The Balaban J connectivity index is 2.19. The zero-order valence-electron chi connectivity index (χ0n) is 10.7. The lowest BCUT2D eigenvalue weighted by molar-refractivity contribution is 0.0780. The molecule has 104 valence electrons. The van der Waals surface area contributed by atoms with Gasteiger partial charge in [0.1, 0.15) is 5.82 Å². The molecular formula is C15H12BrClFNO. The Labute approximate surface area is 130 Å². The second-order valence-electron chi connectivity index (χ2n) is 4.39. The molecule has 0 radical (unpaired) electrons. The topological polar surface area (TPSA) is 20.3 Å². The van der Waals surface area contributed by atoms with Crippen molar-refractivity contribution in [1.82, 2.24) is 4.90 Å². The summed E-state index contributed by atoms with van der Waals surface area (Å²) in [5, 5.41) is 0.608. The van der Waals surface area contributed by atoms with Crippen LogP contribution in [0.25, 0.3) is 0 Å². The highest BCUT2D eigenvalue weighted by atomic mass is 79.9. The van der Waals surface area contributed by atoms with Crippen LogP contribution < -0.4 is 0 Å². The van der Waals surface area contributed by atoms with E-state index < -0.39 is 5.82 Å². The fourth-order valence-corrected chi connectivity index (χ4v) is 2.43. The van der Waals surface area contributed by atoms with Crippen molar-refractivity contribution in [2.45, 2.75) is 6.54 Å². The highest BCUT2D eigenvalue weighted by molar-refractivity contribution is 9.10. The first-order valence-corrected chi connectivity index (χ1v) is 7.10. The van der Waals surface area contributed by atoms with Gasteiger partial charge in [-0.05, 0) is 45.8 Å². The molecule has 0 aliphatic carbocycles. The van der Waals surface area contributed by atoms with Crippen molar-refractivity contribution in [3.63, 3.8) is 0 Å². The minimum atomic E-state index is -0.546. The molecule has 0 bridgehead atoms. The van der Waals surface area contributed by atoms with Gasteiger partial charge in [0.15, 0.2) is 0 Å². The average Bonchev–Trinajstić information content (AvgIpc) is 2.41. The van der Waals surface area contributed by atoms with E-state index in [1.54, 1.807) is 31.3 Å². The molecule has 0 heterocycles. The number of hydrogen-bond donors (Lipinski definition) is 0. The van der Waals surface area contributed by atoms with Crippen LogP contribution >= 0.6 is 27.5 Å². The molecule has 0 saturated carbocycles. The van der Waals surface area contributed by atoms with Crippen LogP contribution in [-0.4, -0.2) is 17.9 Å². The first-order valence-electron chi connectivity index (χ1n) is 5.93. The molecule has 0 aliphatic rings. The van der Waals surface area contributed by atoms with Gasteiger partial charge >= 0.3 is 0 Å². The molecule has 2 aromatic carbocycles. The number of hydrogen-bond acceptors (Lipinski definition) is 1. The fourth-order valence-electron chi connectivity index (χ4n) is 1.86. The molecule has 0 spiro atoms. The van der Waals surface area contributed by atoms with Gasteiger partial charge in [-0.3, -0.25) is 4.79 Å². The van der Waals surface area contributed by atoms with Crippen molar-refractivity contribution in [1.29, 1.82) is 0 Å². The number of carbonyl (C=O) groups excluding carboxylic acids is 1. The van der Waals surface area contributed by atoms with Gasteiger partial charge < -0.3 is 4.90 Å². The lowest BCUT2D eigenvalue weighted by atomic mass is 10.1. The summed E-state index contributed by atoms with van der Waals surface area (Å²) in [7, 11) is 1.63. The number of benzene rings is 2. The number of halogens is 3. The Morgan fingerprint density at radius 1 is 1.30 bits per heavy atom. The quantitative estimate of drug-likeness (QED) is 0.792. The number of amides is 1. The number of carbonyl (C=O) groups is 1. The third-order valence-electron chi connectivity index (χ3n) is 2.84. The van der Waals surface area contributed by atoms with Crippen LogP contribution in [0, 0.1) is 5.82 Å². The van der Waals surface area contributed by atoms with E-state index in [4.69, 9.17) is 11.6 Å². The molecular weight excluding hydrogens is 345 g/mol. The molecule has 0 saturated heterocycles. The molecule has 5 heteroatoms. The molecule has 0 unspecified atom stereocenters. The third-order valence-corrected chi connectivity index (χ3v) is 3.69. The first-order chi connectivity index (χ1) is 9.49. The van der Waals surface area contributed by atoms with Gasteiger partial charge in [0.25, 0.3) is 5.91 Å². The Bertz CT molecular complexity index is 648. The summed E-state index contributed by atoms with van der Waals surface area (Å²) >= 11 is 8.98. The zero-order valence-corrected chi connectivity index (χ0v) is 13.1. The second kappa shape index (κ2) is 6.37. The van der Waals surface area contributed by atoms with Gasteiger partial charge in [-0.2, -0.15) is 0 Å². The Kier molecular flexibility index (Phi) is 4.78. The summed E-state index contributed by atoms with van der Waals surface area (Å²) in [6.07, 6.45) is 0. The van der Waals surface area contributed by atoms with E-state index in [0.717, 1.165) is 5.56 Å². The summed E-state index contributed by atoms with van der Waals surface area (Å²) in [6, 6.07) is 11.9. The van der Waals surface area contributed by atoms with E-state index in [1.165, 1.54) is 11.0 Å². The lowest BCUT2D eigenvalue weighted by Crippen LogP contribution is -2.27. The Morgan fingerprint density at radius 3 is 2.70 bits per heavy atom. The van der Waals surface area contributed by atoms with E-state index >= 15 is 0 Å². The van der Waals surface area contributed by atoms with Gasteiger partial charge in [-0.15, -0.1) is 0 Å². The smallest absolute Gasteiger partial charge is 0.256 e. The summed E-state index contributed by atoms with van der Waals surface area (Å²) in [5.41, 5.74) is 0.938. The standard InChI is InChI=1S/C15H12BrClFNO/c1-19(9-10-4-2-5-11(17)8-10)15(20)12-6-3-7-13(16)14(12)18/h2-8H,9H2,1H3. The zero-order chi connectivity index (χ0) is 14.7. The van der Waals surface area contributed by atoms with Gasteiger partial charge in [0, 0.05) is 18.6 Å². The van der Waals surface area contributed by atoms with Crippen LogP contribution in [-0.2, 0) is 6.54 Å². The molecule has 0 aromatic heterocycles. The third kappa shape index (κ3) is 3.38. The normalized spacial score (nSPS) is 10.4. The summed E-state index contributed by atoms with van der Waals surface area (Å²) < 4.78 is 14.2. The van der Waals surface area contributed by atoms with Crippen LogP contribution in [0.4, 0.5) is 4.39 Å². The Hall–Kier alpha value is -1.39. The van der Waals surface area contributed by atoms with Crippen molar-refractivity contribution in [3.05, 3.63) is 68.9 Å². The van der Waals surface area contributed by atoms with Crippen LogP contribution in [0.3, 0.4) is 0 Å². The maximum atomic E-state index is 13.9.